The molecule has 0 saturated carbocycles. The summed E-state index contributed by atoms with van der Waals surface area (Å²) in [5, 5.41) is 3.30. The number of primary amides is 1. The number of rotatable bonds is 5. The normalized spacial score (nSPS) is 16.5. The van der Waals surface area contributed by atoms with Crippen molar-refractivity contribution in [2.24, 2.45) is 5.73 Å². The number of aromatic nitrogens is 1. The van der Waals surface area contributed by atoms with Gasteiger partial charge in [-0.3, -0.25) is 14.6 Å². The Morgan fingerprint density at radius 3 is 2.69 bits per heavy atom. The predicted octanol–water partition coefficient (Wildman–Crippen LogP) is 1.15. The van der Waals surface area contributed by atoms with Gasteiger partial charge in [-0.1, -0.05) is 6.07 Å². The molecule has 2 aromatic rings. The highest BCUT2D eigenvalue weighted by atomic mass is 35.5. The van der Waals surface area contributed by atoms with E-state index < -0.39 is 5.91 Å². The highest BCUT2D eigenvalue weighted by molar-refractivity contribution is 5.92. The van der Waals surface area contributed by atoms with Crippen LogP contribution in [-0.2, 0) is 4.79 Å². The predicted molar refractivity (Wildman–Crippen MR) is 99.3 cm³/mol. The maximum absolute atomic E-state index is 12.6. The van der Waals surface area contributed by atoms with Gasteiger partial charge in [-0.2, -0.15) is 0 Å². The molecule has 1 aromatic heterocycles. The number of ether oxygens (including phenoxy) is 1. The van der Waals surface area contributed by atoms with Gasteiger partial charge in [-0.15, -0.1) is 12.4 Å². The first kappa shape index (κ1) is 19.7. The first-order chi connectivity index (χ1) is 12.1. The van der Waals surface area contributed by atoms with Crippen molar-refractivity contribution in [3.05, 3.63) is 59.9 Å². The average Bonchev–Trinajstić information content (AvgIpc) is 2.67. The smallest absolute Gasteiger partial charge is 0.261 e. The van der Waals surface area contributed by atoms with E-state index in [-0.39, 0.29) is 31.0 Å². The molecule has 1 unspecified atom stereocenters. The Labute approximate surface area is 157 Å². The highest BCUT2D eigenvalue weighted by Gasteiger charge is 2.28. The summed E-state index contributed by atoms with van der Waals surface area (Å²) in [6.45, 7) is 1.98. The van der Waals surface area contributed by atoms with Crippen molar-refractivity contribution in [3.8, 4) is 5.75 Å². The number of nitrogens with one attached hydrogen (secondary N) is 1. The highest BCUT2D eigenvalue weighted by Crippen LogP contribution is 2.22. The van der Waals surface area contributed by atoms with Crippen LogP contribution in [0.2, 0.25) is 0 Å². The van der Waals surface area contributed by atoms with Gasteiger partial charge in [0.25, 0.3) is 5.91 Å². The van der Waals surface area contributed by atoms with Crippen molar-refractivity contribution in [1.29, 1.82) is 0 Å². The molecule has 0 spiro atoms. The first-order valence-corrected chi connectivity index (χ1v) is 8.08. The zero-order valence-corrected chi connectivity index (χ0v) is 14.9. The van der Waals surface area contributed by atoms with E-state index in [0.717, 1.165) is 12.1 Å². The van der Waals surface area contributed by atoms with Crippen LogP contribution in [0.25, 0.3) is 0 Å². The molecule has 7 nitrogen and oxygen atoms in total. The number of nitrogens with two attached hydrogens (primary N) is 1. The second-order valence-electron chi connectivity index (χ2n) is 5.77. The lowest BCUT2D eigenvalue weighted by Gasteiger charge is -2.36. The molecule has 3 rings (SSSR count). The SMILES string of the molecule is Cl.NC(=O)c1ccc(OCC(=O)N2CCNCC2c2cccnc2)cc1. The Morgan fingerprint density at radius 1 is 1.27 bits per heavy atom. The molecule has 1 saturated heterocycles. The summed E-state index contributed by atoms with van der Waals surface area (Å²) < 4.78 is 5.56. The minimum absolute atomic E-state index is 0. The first-order valence-electron chi connectivity index (χ1n) is 8.08. The van der Waals surface area contributed by atoms with E-state index in [4.69, 9.17) is 10.5 Å². The molecule has 1 fully saturated rings. The van der Waals surface area contributed by atoms with Gasteiger partial charge in [0.1, 0.15) is 5.75 Å². The summed E-state index contributed by atoms with van der Waals surface area (Å²) in [5.74, 6) is -0.0662. The molecule has 0 bridgehead atoms. The number of carbonyl (C=O) groups excluding carboxylic acids is 2. The van der Waals surface area contributed by atoms with Gasteiger partial charge in [0.15, 0.2) is 6.61 Å². The van der Waals surface area contributed by atoms with E-state index in [1.165, 1.54) is 0 Å². The lowest BCUT2D eigenvalue weighted by Crippen LogP contribution is -2.50. The van der Waals surface area contributed by atoms with Gasteiger partial charge in [0.2, 0.25) is 5.91 Å². The summed E-state index contributed by atoms with van der Waals surface area (Å²) in [6, 6.07) is 10.2. The maximum Gasteiger partial charge on any atom is 0.261 e. The largest absolute Gasteiger partial charge is 0.484 e. The van der Waals surface area contributed by atoms with E-state index in [1.807, 2.05) is 17.0 Å². The lowest BCUT2D eigenvalue weighted by molar-refractivity contribution is -0.136. The van der Waals surface area contributed by atoms with Crippen LogP contribution in [0.3, 0.4) is 0 Å². The zero-order chi connectivity index (χ0) is 17.6. The van der Waals surface area contributed by atoms with Crippen LogP contribution in [0.4, 0.5) is 0 Å². The van der Waals surface area contributed by atoms with Gasteiger partial charge in [0, 0.05) is 37.6 Å². The van der Waals surface area contributed by atoms with Gasteiger partial charge in [0.05, 0.1) is 6.04 Å². The zero-order valence-electron chi connectivity index (χ0n) is 14.1. The molecule has 3 N–H and O–H groups in total. The van der Waals surface area contributed by atoms with E-state index in [9.17, 15) is 9.59 Å². The molecule has 26 heavy (non-hydrogen) atoms. The molecule has 0 aliphatic carbocycles. The summed E-state index contributed by atoms with van der Waals surface area (Å²) >= 11 is 0. The fourth-order valence-electron chi connectivity index (χ4n) is 2.82. The second-order valence-corrected chi connectivity index (χ2v) is 5.77. The van der Waals surface area contributed by atoms with Crippen molar-refractivity contribution in [2.45, 2.75) is 6.04 Å². The van der Waals surface area contributed by atoms with E-state index in [2.05, 4.69) is 10.3 Å². The Hall–Kier alpha value is -2.64. The molecule has 8 heteroatoms. The molecule has 0 radical (unpaired) electrons. The number of hydrogen-bond acceptors (Lipinski definition) is 5. The van der Waals surface area contributed by atoms with Gasteiger partial charge in [-0.25, -0.2) is 0 Å². The fraction of sp³-hybridized carbons (Fsp3) is 0.278. The summed E-state index contributed by atoms with van der Waals surface area (Å²) in [7, 11) is 0. The van der Waals surface area contributed by atoms with Crippen molar-refractivity contribution in [1.82, 2.24) is 15.2 Å². The number of piperazine rings is 1. The number of carbonyl (C=O) groups is 2. The van der Waals surface area contributed by atoms with E-state index in [1.54, 1.807) is 36.7 Å². The van der Waals surface area contributed by atoms with Crippen LogP contribution < -0.4 is 15.8 Å². The van der Waals surface area contributed by atoms with E-state index in [0.29, 0.717) is 24.4 Å². The Morgan fingerprint density at radius 2 is 2.04 bits per heavy atom. The molecule has 2 amide bonds. The molecular formula is C18H21ClN4O3. The molecule has 2 heterocycles. The Balaban J connectivity index is 0.00000243. The van der Waals surface area contributed by atoms with Crippen LogP contribution in [0, 0.1) is 0 Å². The minimum atomic E-state index is -0.497. The van der Waals surface area contributed by atoms with Gasteiger partial charge >= 0.3 is 0 Å². The standard InChI is InChI=1S/C18H20N4O3.ClH/c19-18(24)13-3-5-15(6-4-13)25-12-17(23)22-9-8-21-11-16(22)14-2-1-7-20-10-14;/h1-7,10,16,21H,8-9,11-12H2,(H2,19,24);1H. The van der Waals surface area contributed by atoms with Crippen molar-refractivity contribution in [2.75, 3.05) is 26.2 Å². The Kier molecular flexibility index (Phi) is 6.94. The quantitative estimate of drug-likeness (QED) is 0.815. The fourth-order valence-corrected chi connectivity index (χ4v) is 2.82. The molecular weight excluding hydrogens is 356 g/mol. The number of benzene rings is 1. The van der Waals surface area contributed by atoms with E-state index >= 15 is 0 Å². The molecule has 1 aliphatic rings. The molecule has 138 valence electrons. The van der Waals surface area contributed by atoms with Gasteiger partial charge in [-0.05, 0) is 35.9 Å². The summed E-state index contributed by atoms with van der Waals surface area (Å²) in [6.07, 6.45) is 3.49. The van der Waals surface area contributed by atoms with Crippen molar-refractivity contribution < 1.29 is 14.3 Å². The third-order valence-electron chi connectivity index (χ3n) is 4.13. The van der Waals surface area contributed by atoms with Crippen molar-refractivity contribution >= 4 is 24.2 Å². The molecule has 1 atom stereocenters. The van der Waals surface area contributed by atoms with Gasteiger partial charge < -0.3 is 20.7 Å². The van der Waals surface area contributed by atoms with Crippen LogP contribution >= 0.6 is 12.4 Å². The maximum atomic E-state index is 12.6. The topological polar surface area (TPSA) is 97.6 Å². The average molecular weight is 377 g/mol. The Bertz CT molecular complexity index is 740. The molecule has 1 aromatic carbocycles. The third-order valence-corrected chi connectivity index (χ3v) is 4.13. The summed E-state index contributed by atoms with van der Waals surface area (Å²) in [5.41, 5.74) is 6.60. The van der Waals surface area contributed by atoms with Crippen LogP contribution in [0.1, 0.15) is 22.0 Å². The summed E-state index contributed by atoms with van der Waals surface area (Å²) in [4.78, 5) is 29.6. The van der Waals surface area contributed by atoms with Crippen molar-refractivity contribution in [3.63, 3.8) is 0 Å². The third kappa shape index (κ3) is 4.71. The van der Waals surface area contributed by atoms with Crippen LogP contribution in [0.15, 0.2) is 48.8 Å². The number of hydrogen-bond donors (Lipinski definition) is 2. The van der Waals surface area contributed by atoms with Crippen LogP contribution in [-0.4, -0.2) is 47.9 Å². The second kappa shape index (κ2) is 9.17. The number of amides is 2. The monoisotopic (exact) mass is 376 g/mol. The van der Waals surface area contributed by atoms with Crippen LogP contribution in [0.5, 0.6) is 5.75 Å². The number of halogens is 1. The number of nitrogens with zero attached hydrogens (tertiary/aromatic N) is 2. The minimum Gasteiger partial charge on any atom is -0.484 e. The molecule has 1 aliphatic heterocycles. The number of pyridine rings is 1. The lowest BCUT2D eigenvalue weighted by atomic mass is 10.1.